The van der Waals surface area contributed by atoms with Gasteiger partial charge in [-0.1, -0.05) is 30.3 Å². The molecule has 2 aromatic carbocycles. The van der Waals surface area contributed by atoms with Crippen molar-refractivity contribution in [3.8, 4) is 5.75 Å². The molecule has 0 fully saturated rings. The molecular weight excluding hydrogens is 334 g/mol. The van der Waals surface area contributed by atoms with Gasteiger partial charge in [-0.25, -0.2) is 4.99 Å². The number of ether oxygens (including phenoxy) is 1. The largest absolute Gasteiger partial charge is 0.496 e. The highest BCUT2D eigenvalue weighted by Crippen LogP contribution is 2.20. The molecule has 1 heterocycles. The summed E-state index contributed by atoms with van der Waals surface area (Å²) in [5, 5.41) is 18.5. The fourth-order valence-corrected chi connectivity index (χ4v) is 2.22. The molecule has 0 amide bonds. The van der Waals surface area contributed by atoms with Crippen LogP contribution in [0.2, 0.25) is 0 Å². The first-order valence-electron chi connectivity index (χ1n) is 7.82. The maximum absolute atomic E-state index is 9.00. The summed E-state index contributed by atoms with van der Waals surface area (Å²) in [5.74, 6) is 0.935. The number of aliphatic carboxylic acids is 1. The molecule has 5 N–H and O–H groups in total. The molecule has 0 aliphatic carbocycles. The number of anilines is 1. The fourth-order valence-electron chi connectivity index (χ4n) is 2.22. The van der Waals surface area contributed by atoms with E-state index in [4.69, 9.17) is 20.4 Å². The number of guanidine groups is 1. The number of hydrogen-bond acceptors (Lipinski definition) is 4. The van der Waals surface area contributed by atoms with E-state index in [1.165, 1.54) is 0 Å². The Balaban J connectivity index is 0.000000552. The number of para-hydroxylation sites is 2. The normalized spacial score (nSPS) is 10.8. The maximum Gasteiger partial charge on any atom is 0.300 e. The van der Waals surface area contributed by atoms with Crippen LogP contribution in [0.15, 0.2) is 53.5 Å². The van der Waals surface area contributed by atoms with Crippen molar-refractivity contribution in [3.05, 3.63) is 54.1 Å². The van der Waals surface area contributed by atoms with E-state index < -0.39 is 5.97 Å². The van der Waals surface area contributed by atoms with Gasteiger partial charge in [-0.3, -0.25) is 9.89 Å². The number of benzene rings is 2. The standard InChI is InChI=1S/C16H17N5O.C2H4O2/c1-22-14-9-5-2-6-11(14)10-18-16(17)19-15-12-7-3-4-8-13(12)20-21-15;1-2(3)4/h2-9H,10H2,1H3,(H4,17,18,19,20,21);1H3,(H,3,4). The number of hydrogen-bond donors (Lipinski definition) is 4. The van der Waals surface area contributed by atoms with Crippen molar-refractivity contribution < 1.29 is 14.6 Å². The quantitative estimate of drug-likeness (QED) is 0.421. The number of H-pyrrole nitrogens is 1. The minimum atomic E-state index is -0.833. The second-order valence-electron chi connectivity index (χ2n) is 5.28. The summed E-state index contributed by atoms with van der Waals surface area (Å²) in [7, 11) is 1.64. The molecule has 0 aliphatic rings. The fraction of sp³-hybridized carbons (Fsp3) is 0.167. The van der Waals surface area contributed by atoms with Gasteiger partial charge in [0, 0.05) is 17.9 Å². The SMILES string of the molecule is CC(=O)O.COc1ccccc1CN=C(N)Nc1n[nH]c2ccccc12. The maximum atomic E-state index is 9.00. The molecule has 0 atom stereocenters. The van der Waals surface area contributed by atoms with Gasteiger partial charge in [-0.15, -0.1) is 0 Å². The van der Waals surface area contributed by atoms with Crippen LogP contribution in [0, 0.1) is 0 Å². The summed E-state index contributed by atoms with van der Waals surface area (Å²) in [4.78, 5) is 13.3. The summed E-state index contributed by atoms with van der Waals surface area (Å²) in [6.45, 7) is 1.52. The minimum Gasteiger partial charge on any atom is -0.496 e. The van der Waals surface area contributed by atoms with E-state index in [0.29, 0.717) is 18.3 Å². The Hall–Kier alpha value is -3.55. The Labute approximate surface area is 150 Å². The van der Waals surface area contributed by atoms with E-state index in [2.05, 4.69) is 20.5 Å². The Morgan fingerprint density at radius 2 is 1.92 bits per heavy atom. The van der Waals surface area contributed by atoms with Crippen molar-refractivity contribution in [3.63, 3.8) is 0 Å². The van der Waals surface area contributed by atoms with E-state index in [1.54, 1.807) is 7.11 Å². The molecule has 0 saturated heterocycles. The molecule has 26 heavy (non-hydrogen) atoms. The highest BCUT2D eigenvalue weighted by Gasteiger charge is 2.06. The molecule has 0 unspecified atom stereocenters. The van der Waals surface area contributed by atoms with E-state index >= 15 is 0 Å². The van der Waals surface area contributed by atoms with Crippen LogP contribution in [-0.2, 0) is 11.3 Å². The molecule has 3 rings (SSSR count). The number of fused-ring (bicyclic) bond motifs is 1. The molecular formula is C18H21N5O3. The predicted octanol–water partition coefficient (Wildman–Crippen LogP) is 2.59. The third kappa shape index (κ3) is 5.23. The average molecular weight is 355 g/mol. The number of aromatic amines is 1. The third-order valence-corrected chi connectivity index (χ3v) is 3.33. The van der Waals surface area contributed by atoms with Crippen LogP contribution < -0.4 is 15.8 Å². The zero-order valence-electron chi connectivity index (χ0n) is 14.6. The number of carboxylic acid groups (broad SMARTS) is 1. The van der Waals surface area contributed by atoms with Crippen LogP contribution in [0.5, 0.6) is 5.75 Å². The van der Waals surface area contributed by atoms with Crippen LogP contribution in [-0.4, -0.2) is 34.3 Å². The van der Waals surface area contributed by atoms with Crippen molar-refractivity contribution >= 4 is 28.6 Å². The summed E-state index contributed by atoms with van der Waals surface area (Å²) in [6, 6.07) is 15.5. The van der Waals surface area contributed by atoms with E-state index in [-0.39, 0.29) is 0 Å². The van der Waals surface area contributed by atoms with Crippen molar-refractivity contribution in [2.75, 3.05) is 12.4 Å². The Bertz CT molecular complexity index is 900. The molecule has 0 radical (unpaired) electrons. The molecule has 136 valence electrons. The number of nitrogens with one attached hydrogen (secondary N) is 2. The zero-order valence-corrected chi connectivity index (χ0v) is 14.6. The number of methoxy groups -OCH3 is 1. The van der Waals surface area contributed by atoms with Crippen molar-refractivity contribution in [2.45, 2.75) is 13.5 Å². The second kappa shape index (κ2) is 9.07. The predicted molar refractivity (Wildman–Crippen MR) is 101 cm³/mol. The number of nitrogens with zero attached hydrogens (tertiary/aromatic N) is 2. The molecule has 0 spiro atoms. The minimum absolute atomic E-state index is 0.308. The number of aromatic nitrogens is 2. The molecule has 8 heteroatoms. The van der Waals surface area contributed by atoms with Crippen molar-refractivity contribution in [1.82, 2.24) is 10.2 Å². The van der Waals surface area contributed by atoms with E-state index in [9.17, 15) is 0 Å². The topological polar surface area (TPSA) is 126 Å². The first kappa shape index (κ1) is 18.8. The molecule has 0 saturated carbocycles. The van der Waals surface area contributed by atoms with Gasteiger partial charge < -0.3 is 20.9 Å². The van der Waals surface area contributed by atoms with Gasteiger partial charge in [0.25, 0.3) is 5.97 Å². The number of carbonyl (C=O) groups is 1. The number of carboxylic acids is 1. The Kier molecular flexibility index (Phi) is 6.55. The number of aliphatic imine (C=N–C) groups is 1. The zero-order chi connectivity index (χ0) is 18.9. The first-order valence-corrected chi connectivity index (χ1v) is 7.82. The lowest BCUT2D eigenvalue weighted by Gasteiger charge is -2.06. The lowest BCUT2D eigenvalue weighted by molar-refractivity contribution is -0.134. The van der Waals surface area contributed by atoms with Crippen LogP contribution >= 0.6 is 0 Å². The van der Waals surface area contributed by atoms with Crippen molar-refractivity contribution in [2.24, 2.45) is 10.7 Å². The van der Waals surface area contributed by atoms with Crippen molar-refractivity contribution in [1.29, 1.82) is 0 Å². The summed E-state index contributed by atoms with van der Waals surface area (Å²) in [6.07, 6.45) is 0. The summed E-state index contributed by atoms with van der Waals surface area (Å²) < 4.78 is 5.29. The van der Waals surface area contributed by atoms with E-state index in [1.807, 2.05) is 48.5 Å². The van der Waals surface area contributed by atoms with Gasteiger partial charge in [0.1, 0.15) is 5.75 Å². The summed E-state index contributed by atoms with van der Waals surface area (Å²) >= 11 is 0. The summed E-state index contributed by atoms with van der Waals surface area (Å²) in [5.41, 5.74) is 7.86. The van der Waals surface area contributed by atoms with Gasteiger partial charge in [-0.05, 0) is 18.2 Å². The number of rotatable bonds is 4. The van der Waals surface area contributed by atoms with Gasteiger partial charge in [0.2, 0.25) is 0 Å². The molecule has 8 nitrogen and oxygen atoms in total. The molecule has 0 bridgehead atoms. The van der Waals surface area contributed by atoms with Crippen LogP contribution in [0.1, 0.15) is 12.5 Å². The Morgan fingerprint density at radius 3 is 2.65 bits per heavy atom. The monoisotopic (exact) mass is 355 g/mol. The average Bonchev–Trinajstić information content (AvgIpc) is 3.03. The molecule has 3 aromatic rings. The van der Waals surface area contributed by atoms with Gasteiger partial charge in [0.15, 0.2) is 11.8 Å². The lowest BCUT2D eigenvalue weighted by atomic mass is 10.2. The van der Waals surface area contributed by atoms with Gasteiger partial charge in [0.05, 0.1) is 19.2 Å². The van der Waals surface area contributed by atoms with Crippen LogP contribution in [0.25, 0.3) is 10.9 Å². The second-order valence-corrected chi connectivity index (χ2v) is 5.28. The highest BCUT2D eigenvalue weighted by atomic mass is 16.5. The first-order chi connectivity index (χ1) is 12.5. The number of nitrogens with two attached hydrogens (primary N) is 1. The van der Waals surface area contributed by atoms with E-state index in [0.717, 1.165) is 29.1 Å². The molecule has 1 aromatic heterocycles. The van der Waals surface area contributed by atoms with Gasteiger partial charge in [-0.2, -0.15) is 5.10 Å². The van der Waals surface area contributed by atoms with Crippen LogP contribution in [0.3, 0.4) is 0 Å². The van der Waals surface area contributed by atoms with Gasteiger partial charge >= 0.3 is 0 Å². The Morgan fingerprint density at radius 1 is 1.27 bits per heavy atom. The van der Waals surface area contributed by atoms with Crippen LogP contribution in [0.4, 0.5) is 5.82 Å². The smallest absolute Gasteiger partial charge is 0.300 e. The lowest BCUT2D eigenvalue weighted by Crippen LogP contribution is -2.23. The molecule has 0 aliphatic heterocycles. The third-order valence-electron chi connectivity index (χ3n) is 3.33. The highest BCUT2D eigenvalue weighted by molar-refractivity contribution is 6.00.